The van der Waals surface area contributed by atoms with Gasteiger partial charge in [0.05, 0.1) is 5.56 Å². The van der Waals surface area contributed by atoms with Crippen LogP contribution in [0, 0.1) is 17.5 Å². The van der Waals surface area contributed by atoms with Gasteiger partial charge >= 0.3 is 5.97 Å². The van der Waals surface area contributed by atoms with E-state index in [9.17, 15) is 18.0 Å². The van der Waals surface area contributed by atoms with Crippen molar-refractivity contribution in [1.82, 2.24) is 0 Å². The molecule has 5 heteroatoms. The fourth-order valence-corrected chi connectivity index (χ4v) is 4.04. The molecule has 0 saturated carbocycles. The minimum Gasteiger partial charge on any atom is -0.423 e. The van der Waals surface area contributed by atoms with Crippen molar-refractivity contribution < 1.29 is 22.7 Å². The summed E-state index contributed by atoms with van der Waals surface area (Å²) in [5.41, 5.74) is 3.16. The van der Waals surface area contributed by atoms with E-state index >= 15 is 0 Å². The molecule has 184 valence electrons. The Hall–Kier alpha value is -3.86. The highest BCUT2D eigenvalue weighted by Gasteiger charge is 2.21. The van der Waals surface area contributed by atoms with Crippen molar-refractivity contribution in [1.29, 1.82) is 0 Å². The number of rotatable bonds is 8. The van der Waals surface area contributed by atoms with E-state index < -0.39 is 23.2 Å². The maximum atomic E-state index is 14.8. The third kappa shape index (κ3) is 5.51. The molecule has 0 heterocycles. The molecule has 2 nitrogen and oxygen atoms in total. The highest BCUT2D eigenvalue weighted by Crippen LogP contribution is 2.29. The van der Waals surface area contributed by atoms with Gasteiger partial charge in [-0.05, 0) is 65.8 Å². The molecule has 4 rings (SSSR count). The maximum Gasteiger partial charge on any atom is 0.346 e. The largest absolute Gasteiger partial charge is 0.423 e. The Kier molecular flexibility index (Phi) is 7.89. The number of benzene rings is 4. The van der Waals surface area contributed by atoms with E-state index in [-0.39, 0.29) is 17.1 Å². The first-order valence-electron chi connectivity index (χ1n) is 12.1. The summed E-state index contributed by atoms with van der Waals surface area (Å²) in [6.07, 6.45) is 3.70. The minimum absolute atomic E-state index is 0.0683. The van der Waals surface area contributed by atoms with Crippen molar-refractivity contribution in [3.8, 4) is 28.0 Å². The van der Waals surface area contributed by atoms with E-state index in [0.717, 1.165) is 36.8 Å². The first kappa shape index (κ1) is 25.2. The van der Waals surface area contributed by atoms with E-state index in [0.29, 0.717) is 16.7 Å². The highest BCUT2D eigenvalue weighted by molar-refractivity contribution is 5.92. The van der Waals surface area contributed by atoms with Gasteiger partial charge in [-0.2, -0.15) is 0 Å². The van der Waals surface area contributed by atoms with E-state index in [1.54, 1.807) is 30.3 Å². The first-order valence-corrected chi connectivity index (χ1v) is 12.1. The molecule has 0 bridgehead atoms. The van der Waals surface area contributed by atoms with E-state index in [1.165, 1.54) is 30.3 Å². The van der Waals surface area contributed by atoms with Crippen molar-refractivity contribution in [2.45, 2.75) is 39.5 Å². The summed E-state index contributed by atoms with van der Waals surface area (Å²) in [6, 6.07) is 21.1. The van der Waals surface area contributed by atoms with Crippen molar-refractivity contribution in [2.24, 2.45) is 0 Å². The van der Waals surface area contributed by atoms with Gasteiger partial charge in [0.2, 0.25) is 0 Å². The maximum absolute atomic E-state index is 14.8. The van der Waals surface area contributed by atoms with Crippen LogP contribution in [0.15, 0.2) is 78.9 Å². The van der Waals surface area contributed by atoms with Gasteiger partial charge in [-0.3, -0.25) is 0 Å². The average molecular weight is 489 g/mol. The molecule has 0 spiro atoms. The van der Waals surface area contributed by atoms with Crippen LogP contribution in [0.3, 0.4) is 0 Å². The monoisotopic (exact) mass is 488 g/mol. The van der Waals surface area contributed by atoms with Gasteiger partial charge in [0.15, 0.2) is 11.6 Å². The lowest BCUT2D eigenvalue weighted by Gasteiger charge is -2.10. The summed E-state index contributed by atoms with van der Waals surface area (Å²) in [4.78, 5) is 12.6. The highest BCUT2D eigenvalue weighted by atomic mass is 19.2. The minimum atomic E-state index is -1.26. The zero-order chi connectivity index (χ0) is 25.7. The smallest absolute Gasteiger partial charge is 0.346 e. The lowest BCUT2D eigenvalue weighted by atomic mass is 10.0. The zero-order valence-electron chi connectivity index (χ0n) is 20.3. The van der Waals surface area contributed by atoms with Crippen molar-refractivity contribution >= 4 is 5.97 Å². The van der Waals surface area contributed by atoms with Crippen LogP contribution in [-0.2, 0) is 12.8 Å². The van der Waals surface area contributed by atoms with Crippen LogP contribution in [0.1, 0.15) is 48.2 Å². The molecule has 4 aromatic carbocycles. The molecular weight excluding hydrogens is 461 g/mol. The third-order valence-electron chi connectivity index (χ3n) is 6.20. The van der Waals surface area contributed by atoms with Gasteiger partial charge < -0.3 is 4.74 Å². The fraction of sp³-hybridized carbons (Fsp3) is 0.194. The summed E-state index contributed by atoms with van der Waals surface area (Å²) in [5, 5.41) is 0. The van der Waals surface area contributed by atoms with Crippen molar-refractivity contribution in [3.05, 3.63) is 113 Å². The van der Waals surface area contributed by atoms with Gasteiger partial charge in [-0.15, -0.1) is 0 Å². The SMILES string of the molecule is CCCCc1ccc(-c2ccc(OC(=O)c3ccc(-c4ccc(CC)cc4)c(F)c3F)cc2)c(F)c1. The number of carbonyl (C=O) groups excluding carboxylic acids is 1. The van der Waals surface area contributed by atoms with Crippen LogP contribution < -0.4 is 4.74 Å². The lowest BCUT2D eigenvalue weighted by Crippen LogP contribution is -2.12. The molecule has 0 aliphatic rings. The summed E-state index contributed by atoms with van der Waals surface area (Å²) >= 11 is 0. The number of aryl methyl sites for hydroxylation is 2. The summed E-state index contributed by atoms with van der Waals surface area (Å²) < 4.78 is 49.4. The first-order chi connectivity index (χ1) is 17.4. The molecule has 0 atom stereocenters. The van der Waals surface area contributed by atoms with Gasteiger partial charge in [-0.1, -0.05) is 74.9 Å². The molecule has 0 fully saturated rings. The Bertz CT molecular complexity index is 1360. The second-order valence-corrected chi connectivity index (χ2v) is 8.67. The Morgan fingerprint density at radius 1 is 0.722 bits per heavy atom. The van der Waals surface area contributed by atoms with E-state index in [2.05, 4.69) is 6.92 Å². The number of unbranched alkanes of at least 4 members (excludes halogenated alkanes) is 1. The number of esters is 1. The molecule has 0 saturated heterocycles. The molecule has 0 amide bonds. The van der Waals surface area contributed by atoms with Crippen LogP contribution in [0.2, 0.25) is 0 Å². The summed E-state index contributed by atoms with van der Waals surface area (Å²) in [6.45, 7) is 4.10. The van der Waals surface area contributed by atoms with Crippen LogP contribution >= 0.6 is 0 Å². The topological polar surface area (TPSA) is 26.3 Å². The molecule has 36 heavy (non-hydrogen) atoms. The van der Waals surface area contributed by atoms with Crippen molar-refractivity contribution in [3.63, 3.8) is 0 Å². The van der Waals surface area contributed by atoms with E-state index in [4.69, 9.17) is 4.74 Å². The van der Waals surface area contributed by atoms with Crippen LogP contribution in [0.5, 0.6) is 5.75 Å². The molecule has 0 aliphatic heterocycles. The standard InChI is InChI=1S/C31H27F3O2/c1-3-5-6-21-9-16-25(28(32)19-21)22-12-14-24(15-13-22)36-31(35)27-18-17-26(29(33)30(27)34)23-10-7-20(4-2)8-11-23/h7-19H,3-6H2,1-2H3. The zero-order valence-corrected chi connectivity index (χ0v) is 20.3. The van der Waals surface area contributed by atoms with Crippen molar-refractivity contribution in [2.75, 3.05) is 0 Å². The number of carbonyl (C=O) groups is 1. The van der Waals surface area contributed by atoms with Crippen LogP contribution in [-0.4, -0.2) is 5.97 Å². The number of halogens is 3. The van der Waals surface area contributed by atoms with Gasteiger partial charge in [0.1, 0.15) is 11.6 Å². The predicted octanol–water partition coefficient (Wildman–Crippen LogP) is 8.56. The fourth-order valence-electron chi connectivity index (χ4n) is 4.04. The second kappa shape index (κ2) is 11.3. The lowest BCUT2D eigenvalue weighted by molar-refractivity contribution is 0.0728. The Balaban J connectivity index is 1.49. The van der Waals surface area contributed by atoms with E-state index in [1.807, 2.05) is 25.1 Å². The number of hydrogen-bond acceptors (Lipinski definition) is 2. The Morgan fingerprint density at radius 3 is 1.97 bits per heavy atom. The second-order valence-electron chi connectivity index (χ2n) is 8.67. The molecule has 4 aromatic rings. The average Bonchev–Trinajstić information content (AvgIpc) is 2.89. The molecule has 0 aromatic heterocycles. The summed E-state index contributed by atoms with van der Waals surface area (Å²) in [5.74, 6) is -3.57. The molecular formula is C31H27F3O2. The molecule has 0 aliphatic carbocycles. The molecule has 0 N–H and O–H groups in total. The van der Waals surface area contributed by atoms with Gasteiger partial charge in [0.25, 0.3) is 0 Å². The third-order valence-corrected chi connectivity index (χ3v) is 6.20. The molecule has 0 radical (unpaired) electrons. The van der Waals surface area contributed by atoms with Crippen LogP contribution in [0.4, 0.5) is 13.2 Å². The Morgan fingerprint density at radius 2 is 1.33 bits per heavy atom. The van der Waals surface area contributed by atoms with Gasteiger partial charge in [-0.25, -0.2) is 18.0 Å². The Labute approximate surface area is 209 Å². The normalized spacial score (nSPS) is 10.9. The number of hydrogen-bond donors (Lipinski definition) is 0. The van der Waals surface area contributed by atoms with Gasteiger partial charge in [0, 0.05) is 11.1 Å². The quantitative estimate of drug-likeness (QED) is 0.183. The summed E-state index contributed by atoms with van der Waals surface area (Å²) in [7, 11) is 0. The molecule has 0 unspecified atom stereocenters. The number of ether oxygens (including phenoxy) is 1. The predicted molar refractivity (Wildman–Crippen MR) is 137 cm³/mol. The van der Waals surface area contributed by atoms with Crippen LogP contribution in [0.25, 0.3) is 22.3 Å².